The molecule has 0 N–H and O–H groups in total. The smallest absolute Gasteiger partial charge is 0.206 e. The lowest BCUT2D eigenvalue weighted by atomic mass is 10.3. The highest BCUT2D eigenvalue weighted by Gasteiger charge is 2.10. The molecular weight excluding hydrogens is 280 g/mol. The molecule has 2 aromatic rings. The molecule has 0 spiro atoms. The first kappa shape index (κ1) is 14.4. The minimum Gasteiger partial charge on any atom is -0.445 e. The molecule has 0 bridgehead atoms. The molecule has 0 unspecified atom stereocenters. The van der Waals surface area contributed by atoms with Crippen molar-refractivity contribution in [2.24, 2.45) is 0 Å². The largest absolute Gasteiger partial charge is 0.445 e. The van der Waals surface area contributed by atoms with Crippen molar-refractivity contribution in [2.45, 2.75) is 44.6 Å². The van der Waals surface area contributed by atoms with Gasteiger partial charge in [0.1, 0.15) is 11.5 Å². The molecule has 0 aliphatic rings. The maximum absolute atomic E-state index is 12.0. The lowest BCUT2D eigenvalue weighted by Crippen LogP contribution is -2.00. The van der Waals surface area contributed by atoms with Gasteiger partial charge in [0.05, 0.1) is 22.7 Å². The van der Waals surface area contributed by atoms with E-state index in [0.717, 1.165) is 29.3 Å². The molecule has 0 aliphatic heterocycles. The van der Waals surface area contributed by atoms with Gasteiger partial charge in [-0.2, -0.15) is 0 Å². The number of hydrogen-bond acceptors (Lipinski definition) is 5. The van der Waals surface area contributed by atoms with E-state index in [0.29, 0.717) is 17.4 Å². The lowest BCUT2D eigenvalue weighted by Gasteiger charge is -1.96. The summed E-state index contributed by atoms with van der Waals surface area (Å²) < 4.78 is 17.3. The standard InChI is InChI=1S/C13H18N2O2S2/c1-3-4-5-13-15-11(7-18-13)8-19(16)9-12-14-6-10(2)17-12/h6-7H,3-5,8-9H2,1-2H3/t19-/m0/s1. The summed E-state index contributed by atoms with van der Waals surface area (Å²) in [7, 11) is -1.01. The van der Waals surface area contributed by atoms with Gasteiger partial charge in [-0.05, 0) is 19.8 Å². The molecule has 104 valence electrons. The van der Waals surface area contributed by atoms with E-state index >= 15 is 0 Å². The van der Waals surface area contributed by atoms with E-state index in [1.54, 1.807) is 17.5 Å². The van der Waals surface area contributed by atoms with Gasteiger partial charge in [-0.3, -0.25) is 4.21 Å². The summed E-state index contributed by atoms with van der Waals surface area (Å²) >= 11 is 1.66. The van der Waals surface area contributed by atoms with Crippen LogP contribution in [0.4, 0.5) is 0 Å². The van der Waals surface area contributed by atoms with Crippen molar-refractivity contribution < 1.29 is 8.63 Å². The minimum absolute atomic E-state index is 0.357. The van der Waals surface area contributed by atoms with Crippen molar-refractivity contribution in [2.75, 3.05) is 0 Å². The molecule has 0 radical (unpaired) electrons. The molecule has 2 heterocycles. The van der Waals surface area contributed by atoms with Gasteiger partial charge in [0.25, 0.3) is 0 Å². The van der Waals surface area contributed by atoms with Crippen LogP contribution in [0.3, 0.4) is 0 Å². The zero-order valence-electron chi connectivity index (χ0n) is 11.2. The van der Waals surface area contributed by atoms with Gasteiger partial charge in [-0.25, -0.2) is 9.97 Å². The van der Waals surface area contributed by atoms with E-state index < -0.39 is 10.8 Å². The lowest BCUT2D eigenvalue weighted by molar-refractivity contribution is 0.488. The monoisotopic (exact) mass is 298 g/mol. The van der Waals surface area contributed by atoms with E-state index in [9.17, 15) is 4.21 Å². The molecule has 0 fully saturated rings. The fourth-order valence-electron chi connectivity index (χ4n) is 1.68. The summed E-state index contributed by atoms with van der Waals surface area (Å²) in [4.78, 5) is 8.57. The van der Waals surface area contributed by atoms with E-state index in [1.807, 2.05) is 12.3 Å². The van der Waals surface area contributed by atoms with E-state index in [2.05, 4.69) is 16.9 Å². The van der Waals surface area contributed by atoms with Crippen LogP contribution in [0.1, 0.15) is 42.1 Å². The summed E-state index contributed by atoms with van der Waals surface area (Å²) in [5, 5.41) is 3.14. The molecule has 0 saturated heterocycles. The molecule has 0 aromatic carbocycles. The first-order chi connectivity index (χ1) is 9.17. The number of nitrogens with zero attached hydrogens (tertiary/aromatic N) is 2. The quantitative estimate of drug-likeness (QED) is 0.787. The molecule has 0 aliphatic carbocycles. The third-order valence-corrected chi connectivity index (χ3v) is 4.75. The number of hydrogen-bond donors (Lipinski definition) is 0. The second-order valence-electron chi connectivity index (χ2n) is 4.43. The molecule has 2 rings (SSSR count). The number of aryl methyl sites for hydroxylation is 2. The Kier molecular flexibility index (Phi) is 5.27. The normalized spacial score (nSPS) is 12.7. The van der Waals surface area contributed by atoms with Crippen molar-refractivity contribution in [3.05, 3.63) is 33.9 Å². The summed E-state index contributed by atoms with van der Waals surface area (Å²) in [5.41, 5.74) is 0.915. The number of unbranched alkanes of at least 4 members (excludes halogenated alkanes) is 1. The Morgan fingerprint density at radius 1 is 1.42 bits per heavy atom. The minimum atomic E-state index is -1.01. The predicted octanol–water partition coefficient (Wildman–Crippen LogP) is 3.23. The molecule has 4 nitrogen and oxygen atoms in total. The second kappa shape index (κ2) is 6.96. The first-order valence-electron chi connectivity index (χ1n) is 6.37. The topological polar surface area (TPSA) is 56.0 Å². The summed E-state index contributed by atoms with van der Waals surface area (Å²) in [6, 6.07) is 0. The Morgan fingerprint density at radius 2 is 2.26 bits per heavy atom. The van der Waals surface area contributed by atoms with Crippen LogP contribution in [-0.4, -0.2) is 14.2 Å². The Balaban J connectivity index is 1.86. The number of thiazole rings is 1. The second-order valence-corrected chi connectivity index (χ2v) is 6.83. The fraction of sp³-hybridized carbons (Fsp3) is 0.538. The van der Waals surface area contributed by atoms with Crippen molar-refractivity contribution in [1.29, 1.82) is 0 Å². The number of rotatable bonds is 7. The molecule has 6 heteroatoms. The van der Waals surface area contributed by atoms with Gasteiger partial charge in [0.2, 0.25) is 5.89 Å². The van der Waals surface area contributed by atoms with Gasteiger partial charge in [0.15, 0.2) is 0 Å². The van der Waals surface area contributed by atoms with Crippen LogP contribution >= 0.6 is 11.3 Å². The van der Waals surface area contributed by atoms with Gasteiger partial charge < -0.3 is 4.42 Å². The molecule has 0 saturated carbocycles. The first-order valence-corrected chi connectivity index (χ1v) is 8.73. The zero-order chi connectivity index (χ0) is 13.7. The van der Waals surface area contributed by atoms with Crippen LogP contribution < -0.4 is 0 Å². The highest BCUT2D eigenvalue weighted by molar-refractivity contribution is 7.83. The highest BCUT2D eigenvalue weighted by Crippen LogP contribution is 2.15. The average Bonchev–Trinajstić information content (AvgIpc) is 2.96. The molecule has 19 heavy (non-hydrogen) atoms. The van der Waals surface area contributed by atoms with E-state index in [1.165, 1.54) is 6.42 Å². The van der Waals surface area contributed by atoms with E-state index in [-0.39, 0.29) is 0 Å². The maximum atomic E-state index is 12.0. The fourth-order valence-corrected chi connectivity index (χ4v) is 3.61. The van der Waals surface area contributed by atoms with Crippen LogP contribution in [0, 0.1) is 6.92 Å². The zero-order valence-corrected chi connectivity index (χ0v) is 12.9. The Labute approximate surface area is 119 Å². The molecule has 1 atom stereocenters. The predicted molar refractivity (Wildman–Crippen MR) is 77.5 cm³/mol. The highest BCUT2D eigenvalue weighted by atomic mass is 32.2. The summed E-state index contributed by atoms with van der Waals surface area (Å²) in [6.07, 6.45) is 5.00. The van der Waals surface area contributed by atoms with Crippen molar-refractivity contribution >= 4 is 22.1 Å². The van der Waals surface area contributed by atoms with Crippen LogP contribution in [-0.2, 0) is 28.7 Å². The Morgan fingerprint density at radius 3 is 2.95 bits per heavy atom. The van der Waals surface area contributed by atoms with E-state index in [4.69, 9.17) is 4.42 Å². The van der Waals surface area contributed by atoms with Crippen LogP contribution in [0.2, 0.25) is 0 Å². The Hall–Kier alpha value is -1.01. The SMILES string of the molecule is CCCCc1nc(C[S@](=O)Cc2ncc(C)o2)cs1. The molecule has 2 aromatic heterocycles. The summed E-state index contributed by atoms with van der Waals surface area (Å²) in [5.74, 6) is 2.12. The van der Waals surface area contributed by atoms with Gasteiger partial charge in [-0.1, -0.05) is 13.3 Å². The summed E-state index contributed by atoms with van der Waals surface area (Å²) in [6.45, 7) is 4.00. The van der Waals surface area contributed by atoms with Crippen LogP contribution in [0.5, 0.6) is 0 Å². The van der Waals surface area contributed by atoms with Gasteiger partial charge in [0, 0.05) is 16.2 Å². The molecule has 0 amide bonds. The molecular formula is C13H18N2O2S2. The number of aromatic nitrogens is 2. The van der Waals surface area contributed by atoms with Crippen LogP contribution in [0.25, 0.3) is 0 Å². The van der Waals surface area contributed by atoms with Crippen molar-refractivity contribution in [3.8, 4) is 0 Å². The van der Waals surface area contributed by atoms with Gasteiger partial charge in [-0.15, -0.1) is 11.3 Å². The Bertz CT molecular complexity index is 548. The van der Waals surface area contributed by atoms with Gasteiger partial charge >= 0.3 is 0 Å². The number of oxazole rings is 1. The average molecular weight is 298 g/mol. The van der Waals surface area contributed by atoms with Crippen LogP contribution in [0.15, 0.2) is 16.0 Å². The van der Waals surface area contributed by atoms with Crippen molar-refractivity contribution in [1.82, 2.24) is 9.97 Å². The maximum Gasteiger partial charge on any atom is 0.206 e. The van der Waals surface area contributed by atoms with Crippen molar-refractivity contribution in [3.63, 3.8) is 0 Å². The third-order valence-electron chi connectivity index (χ3n) is 2.61. The third kappa shape index (κ3) is 4.54.